The van der Waals surface area contributed by atoms with Gasteiger partial charge >= 0.3 is 0 Å². The van der Waals surface area contributed by atoms with Crippen molar-refractivity contribution in [2.24, 2.45) is 5.92 Å². The Morgan fingerprint density at radius 2 is 2.16 bits per heavy atom. The van der Waals surface area contributed by atoms with Gasteiger partial charge in [0.2, 0.25) is 11.8 Å². The third kappa shape index (κ3) is 3.03. The van der Waals surface area contributed by atoms with Gasteiger partial charge < -0.3 is 9.64 Å². The van der Waals surface area contributed by atoms with E-state index in [1.165, 1.54) is 0 Å². The van der Waals surface area contributed by atoms with E-state index in [0.29, 0.717) is 18.3 Å². The zero-order valence-corrected chi connectivity index (χ0v) is 11.2. The van der Waals surface area contributed by atoms with Crippen molar-refractivity contribution in [1.29, 1.82) is 0 Å². The summed E-state index contributed by atoms with van der Waals surface area (Å²) in [4.78, 5) is 14.0. The Kier molecular flexibility index (Phi) is 3.36. The van der Waals surface area contributed by atoms with Crippen molar-refractivity contribution in [3.8, 4) is 5.88 Å². The van der Waals surface area contributed by atoms with E-state index < -0.39 is 0 Å². The number of nitrogens with zero attached hydrogens (tertiary/aromatic N) is 3. The highest BCUT2D eigenvalue weighted by Gasteiger charge is 2.35. The van der Waals surface area contributed by atoms with Gasteiger partial charge in [-0.1, -0.05) is 0 Å². The SMILES string of the molecule is Cc1ccc(OC2CCCN(C(=O)C3CC3)C2)nn1. The van der Waals surface area contributed by atoms with Crippen LogP contribution in [0.25, 0.3) is 0 Å². The molecule has 1 unspecified atom stereocenters. The van der Waals surface area contributed by atoms with Gasteiger partial charge in [-0.15, -0.1) is 5.10 Å². The van der Waals surface area contributed by atoms with E-state index in [9.17, 15) is 4.79 Å². The molecule has 0 aromatic carbocycles. The van der Waals surface area contributed by atoms with Gasteiger partial charge in [0, 0.05) is 18.5 Å². The van der Waals surface area contributed by atoms with E-state index in [1.807, 2.05) is 24.0 Å². The Labute approximate surface area is 113 Å². The van der Waals surface area contributed by atoms with Crippen LogP contribution in [0.5, 0.6) is 5.88 Å². The van der Waals surface area contributed by atoms with Crippen LogP contribution in [0.4, 0.5) is 0 Å². The number of amides is 1. The van der Waals surface area contributed by atoms with Crippen LogP contribution in [0.2, 0.25) is 0 Å². The number of ether oxygens (including phenoxy) is 1. The molecule has 5 heteroatoms. The molecule has 0 N–H and O–H groups in total. The fourth-order valence-electron chi connectivity index (χ4n) is 2.44. The Morgan fingerprint density at radius 1 is 1.32 bits per heavy atom. The number of carbonyl (C=O) groups excluding carboxylic acids is 1. The molecule has 2 heterocycles. The fourth-order valence-corrected chi connectivity index (χ4v) is 2.44. The van der Waals surface area contributed by atoms with E-state index in [2.05, 4.69) is 10.2 Å². The topological polar surface area (TPSA) is 55.3 Å². The van der Waals surface area contributed by atoms with Gasteiger partial charge in [0.1, 0.15) is 6.10 Å². The van der Waals surface area contributed by atoms with Crippen molar-refractivity contribution < 1.29 is 9.53 Å². The summed E-state index contributed by atoms with van der Waals surface area (Å²) in [7, 11) is 0. The number of hydrogen-bond donors (Lipinski definition) is 0. The average molecular weight is 261 g/mol. The lowest BCUT2D eigenvalue weighted by atomic mass is 10.1. The predicted octanol–water partition coefficient (Wildman–Crippen LogP) is 1.56. The first-order valence-corrected chi connectivity index (χ1v) is 6.98. The molecule has 1 atom stereocenters. The summed E-state index contributed by atoms with van der Waals surface area (Å²) in [6.45, 7) is 3.45. The normalized spacial score (nSPS) is 23.2. The van der Waals surface area contributed by atoms with Gasteiger partial charge in [-0.05, 0) is 38.7 Å². The fraction of sp³-hybridized carbons (Fsp3) is 0.643. The van der Waals surface area contributed by atoms with Crippen LogP contribution in [0.3, 0.4) is 0 Å². The van der Waals surface area contributed by atoms with E-state index in [4.69, 9.17) is 4.74 Å². The second-order valence-corrected chi connectivity index (χ2v) is 5.45. The molecular weight excluding hydrogens is 242 g/mol. The molecule has 1 saturated carbocycles. The largest absolute Gasteiger partial charge is 0.471 e. The van der Waals surface area contributed by atoms with Gasteiger partial charge in [-0.3, -0.25) is 4.79 Å². The first-order chi connectivity index (χ1) is 9.22. The molecule has 1 saturated heterocycles. The minimum absolute atomic E-state index is 0.0495. The molecule has 5 nitrogen and oxygen atoms in total. The number of rotatable bonds is 3. The van der Waals surface area contributed by atoms with Crippen LogP contribution in [-0.2, 0) is 4.79 Å². The summed E-state index contributed by atoms with van der Waals surface area (Å²) < 4.78 is 5.82. The second kappa shape index (κ2) is 5.15. The number of carbonyl (C=O) groups is 1. The zero-order chi connectivity index (χ0) is 13.2. The molecule has 0 spiro atoms. The summed E-state index contributed by atoms with van der Waals surface area (Å²) in [6, 6.07) is 3.72. The molecule has 1 aromatic rings. The predicted molar refractivity (Wildman–Crippen MR) is 69.7 cm³/mol. The number of likely N-dealkylation sites (tertiary alicyclic amines) is 1. The van der Waals surface area contributed by atoms with E-state index in [1.54, 1.807) is 0 Å². The van der Waals surface area contributed by atoms with Crippen molar-refractivity contribution in [1.82, 2.24) is 15.1 Å². The average Bonchev–Trinajstić information content (AvgIpc) is 3.25. The molecule has 0 bridgehead atoms. The van der Waals surface area contributed by atoms with Gasteiger partial charge in [0.25, 0.3) is 0 Å². The summed E-state index contributed by atoms with van der Waals surface area (Å²) in [5, 5.41) is 8.00. The number of aryl methyl sites for hydroxylation is 1. The molecule has 1 aromatic heterocycles. The van der Waals surface area contributed by atoms with E-state index >= 15 is 0 Å². The number of piperidine rings is 1. The molecule has 102 valence electrons. The third-order valence-electron chi connectivity index (χ3n) is 3.68. The van der Waals surface area contributed by atoms with Crippen molar-refractivity contribution >= 4 is 5.91 Å². The lowest BCUT2D eigenvalue weighted by Gasteiger charge is -2.32. The number of aromatic nitrogens is 2. The summed E-state index contributed by atoms with van der Waals surface area (Å²) in [5.74, 6) is 1.15. The van der Waals surface area contributed by atoms with Gasteiger partial charge in [0.05, 0.1) is 12.2 Å². The standard InChI is InChI=1S/C14H19N3O2/c1-10-4-7-13(16-15-10)19-12-3-2-8-17(9-12)14(18)11-5-6-11/h4,7,11-12H,2-3,5-6,8-9H2,1H3. The van der Waals surface area contributed by atoms with Crippen LogP contribution in [0.15, 0.2) is 12.1 Å². The zero-order valence-electron chi connectivity index (χ0n) is 11.2. The molecule has 1 aliphatic carbocycles. The van der Waals surface area contributed by atoms with Crippen LogP contribution in [0, 0.1) is 12.8 Å². The Balaban J connectivity index is 1.58. The smallest absolute Gasteiger partial charge is 0.233 e. The summed E-state index contributed by atoms with van der Waals surface area (Å²) >= 11 is 0. The summed E-state index contributed by atoms with van der Waals surface area (Å²) in [6.07, 6.45) is 4.15. The highest BCUT2D eigenvalue weighted by atomic mass is 16.5. The summed E-state index contributed by atoms with van der Waals surface area (Å²) in [5.41, 5.74) is 0.876. The van der Waals surface area contributed by atoms with Crippen molar-refractivity contribution in [2.45, 2.75) is 38.7 Å². The maximum absolute atomic E-state index is 12.0. The van der Waals surface area contributed by atoms with Crippen molar-refractivity contribution in [3.05, 3.63) is 17.8 Å². The highest BCUT2D eigenvalue weighted by Crippen LogP contribution is 2.32. The van der Waals surface area contributed by atoms with Gasteiger partial charge in [-0.25, -0.2) is 0 Å². The first kappa shape index (κ1) is 12.4. The maximum atomic E-state index is 12.0. The van der Waals surface area contributed by atoms with Gasteiger partial charge in [-0.2, -0.15) is 5.10 Å². The Bertz CT molecular complexity index is 456. The molecule has 0 radical (unpaired) electrons. The van der Waals surface area contributed by atoms with E-state index in [0.717, 1.165) is 37.9 Å². The lowest BCUT2D eigenvalue weighted by Crippen LogP contribution is -2.45. The molecule has 1 aliphatic heterocycles. The molecule has 2 aliphatic rings. The Morgan fingerprint density at radius 3 is 2.84 bits per heavy atom. The van der Waals surface area contributed by atoms with E-state index in [-0.39, 0.29) is 12.0 Å². The van der Waals surface area contributed by atoms with Gasteiger partial charge in [0.15, 0.2) is 0 Å². The molecule has 19 heavy (non-hydrogen) atoms. The molecule has 3 rings (SSSR count). The third-order valence-corrected chi connectivity index (χ3v) is 3.68. The maximum Gasteiger partial charge on any atom is 0.233 e. The molecular formula is C14H19N3O2. The molecule has 2 fully saturated rings. The minimum atomic E-state index is 0.0495. The van der Waals surface area contributed by atoms with Crippen molar-refractivity contribution in [3.63, 3.8) is 0 Å². The molecule has 1 amide bonds. The van der Waals surface area contributed by atoms with Crippen LogP contribution in [-0.4, -0.2) is 40.2 Å². The number of hydrogen-bond acceptors (Lipinski definition) is 4. The lowest BCUT2D eigenvalue weighted by molar-refractivity contribution is -0.135. The quantitative estimate of drug-likeness (QED) is 0.828. The first-order valence-electron chi connectivity index (χ1n) is 6.98. The second-order valence-electron chi connectivity index (χ2n) is 5.45. The van der Waals surface area contributed by atoms with Crippen LogP contribution in [0.1, 0.15) is 31.4 Å². The van der Waals surface area contributed by atoms with Crippen molar-refractivity contribution in [2.75, 3.05) is 13.1 Å². The van der Waals surface area contributed by atoms with Crippen LogP contribution >= 0.6 is 0 Å². The highest BCUT2D eigenvalue weighted by molar-refractivity contribution is 5.81. The Hall–Kier alpha value is -1.65. The monoisotopic (exact) mass is 261 g/mol. The van der Waals surface area contributed by atoms with Crippen LogP contribution < -0.4 is 4.74 Å². The minimum Gasteiger partial charge on any atom is -0.471 e.